The fourth-order valence-corrected chi connectivity index (χ4v) is 3.21. The number of fused-ring (bicyclic) bond motifs is 1. The molecule has 6 nitrogen and oxygen atoms in total. The van der Waals surface area contributed by atoms with E-state index in [2.05, 4.69) is 32.4 Å². The first kappa shape index (κ1) is 15.6. The van der Waals surface area contributed by atoms with E-state index >= 15 is 0 Å². The second-order valence-corrected chi connectivity index (χ2v) is 6.24. The van der Waals surface area contributed by atoms with Crippen LogP contribution in [0.4, 0.5) is 5.95 Å². The van der Waals surface area contributed by atoms with Crippen molar-refractivity contribution in [3.63, 3.8) is 0 Å². The molecular formula is C19H20N6. The first-order chi connectivity index (χ1) is 12.3. The van der Waals surface area contributed by atoms with Gasteiger partial charge in [0.2, 0.25) is 5.95 Å². The Balaban J connectivity index is 1.51. The molecule has 0 amide bonds. The molecule has 6 heteroatoms. The first-order valence-electron chi connectivity index (χ1n) is 8.64. The van der Waals surface area contributed by atoms with Crippen LogP contribution < -0.4 is 5.32 Å². The van der Waals surface area contributed by atoms with E-state index in [1.807, 2.05) is 30.3 Å². The van der Waals surface area contributed by atoms with Crippen LogP contribution >= 0.6 is 0 Å². The highest BCUT2D eigenvalue weighted by atomic mass is 15.2. The zero-order chi connectivity index (χ0) is 17.1. The van der Waals surface area contributed by atoms with Crippen LogP contribution in [0.2, 0.25) is 0 Å². The van der Waals surface area contributed by atoms with E-state index in [-0.39, 0.29) is 0 Å². The summed E-state index contributed by atoms with van der Waals surface area (Å²) >= 11 is 0. The average molecular weight is 332 g/mol. The zero-order valence-electron chi connectivity index (χ0n) is 14.2. The minimum absolute atomic E-state index is 0.486. The van der Waals surface area contributed by atoms with Crippen LogP contribution in [0.1, 0.15) is 35.6 Å². The average Bonchev–Trinajstić information content (AvgIpc) is 2.67. The van der Waals surface area contributed by atoms with Crippen LogP contribution in [0.3, 0.4) is 0 Å². The Morgan fingerprint density at radius 2 is 1.84 bits per heavy atom. The van der Waals surface area contributed by atoms with Crippen molar-refractivity contribution in [3.8, 4) is 11.3 Å². The predicted molar refractivity (Wildman–Crippen MR) is 96.0 cm³/mol. The molecule has 2 heterocycles. The minimum Gasteiger partial charge on any atom is -0.346 e. The van der Waals surface area contributed by atoms with Crippen molar-refractivity contribution in [1.82, 2.24) is 25.1 Å². The van der Waals surface area contributed by atoms with Crippen LogP contribution in [-0.4, -0.2) is 25.1 Å². The van der Waals surface area contributed by atoms with Crippen molar-refractivity contribution in [1.29, 1.82) is 0 Å². The molecule has 1 aliphatic rings. The van der Waals surface area contributed by atoms with Crippen molar-refractivity contribution in [2.24, 2.45) is 0 Å². The smallest absolute Gasteiger partial charge is 0.243 e. The van der Waals surface area contributed by atoms with Gasteiger partial charge in [0.15, 0.2) is 0 Å². The van der Waals surface area contributed by atoms with Gasteiger partial charge in [-0.2, -0.15) is 5.10 Å². The molecule has 0 saturated carbocycles. The van der Waals surface area contributed by atoms with E-state index in [9.17, 15) is 0 Å². The van der Waals surface area contributed by atoms with Gasteiger partial charge in [0.25, 0.3) is 0 Å². The predicted octanol–water partition coefficient (Wildman–Crippen LogP) is 3.13. The molecule has 25 heavy (non-hydrogen) atoms. The number of hydrogen-bond donors (Lipinski definition) is 1. The van der Waals surface area contributed by atoms with Gasteiger partial charge in [0.05, 0.1) is 18.4 Å². The van der Waals surface area contributed by atoms with Gasteiger partial charge in [-0.15, -0.1) is 5.10 Å². The fraction of sp³-hybridized carbons (Fsp3) is 0.316. The van der Waals surface area contributed by atoms with Gasteiger partial charge in [-0.05, 0) is 38.2 Å². The Morgan fingerprint density at radius 1 is 1.00 bits per heavy atom. The number of aromatic nitrogens is 5. The molecule has 0 bridgehead atoms. The van der Waals surface area contributed by atoms with Crippen molar-refractivity contribution in [2.45, 2.75) is 39.2 Å². The summed E-state index contributed by atoms with van der Waals surface area (Å²) in [5.41, 5.74) is 5.44. The Bertz CT molecular complexity index is 878. The number of nitrogens with one attached hydrogen (secondary N) is 1. The van der Waals surface area contributed by atoms with Crippen LogP contribution in [0, 0.1) is 6.92 Å². The Labute approximate surface area is 146 Å². The number of anilines is 1. The van der Waals surface area contributed by atoms with Crippen molar-refractivity contribution < 1.29 is 0 Å². The molecule has 0 spiro atoms. The second-order valence-electron chi connectivity index (χ2n) is 6.24. The Morgan fingerprint density at radius 3 is 2.72 bits per heavy atom. The lowest BCUT2D eigenvalue weighted by Gasteiger charge is -2.17. The van der Waals surface area contributed by atoms with Crippen molar-refractivity contribution in [2.75, 3.05) is 5.32 Å². The van der Waals surface area contributed by atoms with Gasteiger partial charge in [-0.3, -0.25) is 0 Å². The van der Waals surface area contributed by atoms with Crippen LogP contribution in [0.25, 0.3) is 11.3 Å². The molecule has 1 aromatic carbocycles. The summed E-state index contributed by atoms with van der Waals surface area (Å²) in [6.07, 6.45) is 6.26. The van der Waals surface area contributed by atoms with Gasteiger partial charge in [0, 0.05) is 17.0 Å². The summed E-state index contributed by atoms with van der Waals surface area (Å²) in [6.45, 7) is 2.57. The number of benzene rings is 1. The molecule has 0 atom stereocenters. The summed E-state index contributed by atoms with van der Waals surface area (Å²) in [5.74, 6) is 1.27. The molecule has 2 aromatic heterocycles. The minimum atomic E-state index is 0.486. The Hall–Kier alpha value is -2.89. The number of aryl methyl sites for hydroxylation is 2. The highest BCUT2D eigenvalue weighted by Gasteiger charge is 2.15. The molecule has 0 unspecified atom stereocenters. The molecule has 0 saturated heterocycles. The van der Waals surface area contributed by atoms with Crippen molar-refractivity contribution >= 4 is 5.95 Å². The molecule has 0 aliphatic heterocycles. The highest BCUT2D eigenvalue weighted by Crippen LogP contribution is 2.22. The monoisotopic (exact) mass is 332 g/mol. The normalized spacial score (nSPS) is 13.3. The van der Waals surface area contributed by atoms with Gasteiger partial charge in [-0.25, -0.2) is 15.0 Å². The largest absolute Gasteiger partial charge is 0.346 e. The van der Waals surface area contributed by atoms with E-state index < -0.39 is 0 Å². The molecule has 0 fully saturated rings. The Kier molecular flexibility index (Phi) is 4.33. The lowest BCUT2D eigenvalue weighted by molar-refractivity contribution is 0.648. The fourth-order valence-electron chi connectivity index (χ4n) is 3.21. The first-order valence-corrected chi connectivity index (χ1v) is 8.64. The number of hydrogen-bond acceptors (Lipinski definition) is 6. The maximum atomic E-state index is 4.72. The van der Waals surface area contributed by atoms with Crippen LogP contribution in [0.5, 0.6) is 0 Å². The summed E-state index contributed by atoms with van der Waals surface area (Å²) in [7, 11) is 0. The lowest BCUT2D eigenvalue weighted by atomic mass is 9.95. The zero-order valence-corrected chi connectivity index (χ0v) is 14.2. The maximum Gasteiger partial charge on any atom is 0.243 e. The summed E-state index contributed by atoms with van der Waals surface area (Å²) in [4.78, 5) is 13.9. The topological polar surface area (TPSA) is 76.5 Å². The molecule has 0 radical (unpaired) electrons. The quantitative estimate of drug-likeness (QED) is 0.791. The number of rotatable bonds is 4. The third-order valence-corrected chi connectivity index (χ3v) is 4.47. The molecule has 4 rings (SSSR count). The lowest BCUT2D eigenvalue weighted by Crippen LogP contribution is -2.15. The van der Waals surface area contributed by atoms with E-state index in [1.165, 1.54) is 24.1 Å². The van der Waals surface area contributed by atoms with Gasteiger partial charge < -0.3 is 5.32 Å². The van der Waals surface area contributed by atoms with Gasteiger partial charge >= 0.3 is 0 Å². The summed E-state index contributed by atoms with van der Waals surface area (Å²) in [6, 6.07) is 9.95. The van der Waals surface area contributed by atoms with Gasteiger partial charge in [-0.1, -0.05) is 30.3 Å². The van der Waals surface area contributed by atoms with E-state index in [0.29, 0.717) is 12.5 Å². The third kappa shape index (κ3) is 3.47. The SMILES string of the molecule is Cc1nc(CNc2nncc(-c3ccccc3)n2)nc2c1CCCC2. The van der Waals surface area contributed by atoms with Crippen molar-refractivity contribution in [3.05, 3.63) is 59.3 Å². The van der Waals surface area contributed by atoms with E-state index in [4.69, 9.17) is 4.98 Å². The highest BCUT2D eigenvalue weighted by molar-refractivity contribution is 5.58. The summed E-state index contributed by atoms with van der Waals surface area (Å²) < 4.78 is 0. The van der Waals surface area contributed by atoms with E-state index in [0.717, 1.165) is 35.6 Å². The standard InChI is InChI=1S/C19H20N6/c1-13-15-9-5-6-10-16(15)23-18(22-13)12-20-19-24-17(11-21-25-19)14-7-3-2-4-8-14/h2-4,7-8,11H,5-6,9-10,12H2,1H3,(H,20,24,25). The third-order valence-electron chi connectivity index (χ3n) is 4.47. The maximum absolute atomic E-state index is 4.72. The second kappa shape index (κ2) is 6.93. The molecule has 126 valence electrons. The molecule has 1 aliphatic carbocycles. The van der Waals surface area contributed by atoms with Crippen LogP contribution in [-0.2, 0) is 19.4 Å². The molecular weight excluding hydrogens is 312 g/mol. The number of nitrogens with zero attached hydrogens (tertiary/aromatic N) is 5. The van der Waals surface area contributed by atoms with E-state index in [1.54, 1.807) is 6.20 Å². The van der Waals surface area contributed by atoms with Crippen LogP contribution in [0.15, 0.2) is 36.5 Å². The molecule has 3 aromatic rings. The molecule has 1 N–H and O–H groups in total. The van der Waals surface area contributed by atoms with Gasteiger partial charge in [0.1, 0.15) is 5.82 Å². The summed E-state index contributed by atoms with van der Waals surface area (Å²) in [5, 5.41) is 11.3.